The molecule has 0 bridgehead atoms. The van der Waals surface area contributed by atoms with E-state index in [-0.39, 0.29) is 28.7 Å². The maximum Gasteiger partial charge on any atom is 0.339 e. The zero-order chi connectivity index (χ0) is 30.8. The lowest BCUT2D eigenvalue weighted by atomic mass is 9.91. The van der Waals surface area contributed by atoms with E-state index < -0.39 is 39.6 Å². The second-order valence-corrected chi connectivity index (χ2v) is 12.9. The molecule has 0 saturated heterocycles. The van der Waals surface area contributed by atoms with Gasteiger partial charge in [0.15, 0.2) is 0 Å². The Morgan fingerprint density at radius 1 is 0.791 bits per heavy atom. The molecule has 0 heterocycles. The Morgan fingerprint density at radius 2 is 1.37 bits per heavy atom. The summed E-state index contributed by atoms with van der Waals surface area (Å²) < 4.78 is 42.4. The van der Waals surface area contributed by atoms with Crippen LogP contribution in [0.25, 0.3) is 11.1 Å². The van der Waals surface area contributed by atoms with Crippen LogP contribution in [0.2, 0.25) is 0 Å². The highest BCUT2D eigenvalue weighted by atomic mass is 32.2. The van der Waals surface area contributed by atoms with Crippen molar-refractivity contribution in [3.05, 3.63) is 120 Å². The molecule has 222 valence electrons. The lowest BCUT2D eigenvalue weighted by Crippen LogP contribution is -2.44. The van der Waals surface area contributed by atoms with Crippen LogP contribution in [0.1, 0.15) is 49.3 Å². The summed E-state index contributed by atoms with van der Waals surface area (Å²) in [5.41, 5.74) is 10.0. The van der Waals surface area contributed by atoms with Crippen LogP contribution in [0.3, 0.4) is 0 Å². The third-order valence-electron chi connectivity index (χ3n) is 7.10. The second kappa shape index (κ2) is 12.0. The third kappa shape index (κ3) is 6.63. The van der Waals surface area contributed by atoms with E-state index in [1.165, 1.54) is 30.3 Å². The van der Waals surface area contributed by atoms with Crippen molar-refractivity contribution in [2.24, 2.45) is 5.73 Å². The molecule has 0 amide bonds. The van der Waals surface area contributed by atoms with E-state index >= 15 is 0 Å². The Balaban J connectivity index is 1.39. The van der Waals surface area contributed by atoms with Crippen LogP contribution in [-0.2, 0) is 29.2 Å². The molecule has 1 aliphatic carbocycles. The number of benzene rings is 4. The van der Waals surface area contributed by atoms with Crippen molar-refractivity contribution in [1.82, 2.24) is 0 Å². The van der Waals surface area contributed by atoms with Gasteiger partial charge in [-0.05, 0) is 72.9 Å². The molecule has 1 aliphatic rings. The standard InChI is InChI=1S/C34H33NO7S/c1-34(2,3)41-32(36)30(22-12-11-13-23(20-22)42-43(38,39)24-14-5-4-6-15-24)31(35)33(37)40-21-29-27-18-9-7-16-25(27)26-17-8-10-19-28(26)29/h4-20,29-31H,21,35H2,1-3H3. The molecule has 0 radical (unpaired) electrons. The molecule has 9 heteroatoms. The summed E-state index contributed by atoms with van der Waals surface area (Å²) in [5.74, 6) is -3.08. The lowest BCUT2D eigenvalue weighted by molar-refractivity contribution is -0.161. The molecule has 0 fully saturated rings. The smallest absolute Gasteiger partial charge is 0.339 e. The minimum atomic E-state index is -4.15. The van der Waals surface area contributed by atoms with Gasteiger partial charge in [0.25, 0.3) is 0 Å². The average molecular weight is 600 g/mol. The van der Waals surface area contributed by atoms with Crippen LogP contribution in [-0.4, -0.2) is 38.6 Å². The third-order valence-corrected chi connectivity index (χ3v) is 8.36. The molecule has 8 nitrogen and oxygen atoms in total. The molecule has 0 aromatic heterocycles. The number of ether oxygens (including phenoxy) is 2. The first-order valence-electron chi connectivity index (χ1n) is 13.9. The van der Waals surface area contributed by atoms with Crippen LogP contribution in [0, 0.1) is 0 Å². The van der Waals surface area contributed by atoms with E-state index in [4.69, 9.17) is 19.4 Å². The van der Waals surface area contributed by atoms with Crippen LogP contribution in [0.15, 0.2) is 108 Å². The van der Waals surface area contributed by atoms with E-state index in [2.05, 4.69) is 0 Å². The van der Waals surface area contributed by atoms with Crippen LogP contribution >= 0.6 is 0 Å². The van der Waals surface area contributed by atoms with Crippen LogP contribution in [0.4, 0.5) is 0 Å². The Morgan fingerprint density at radius 3 is 1.98 bits per heavy atom. The molecule has 4 aromatic carbocycles. The normalized spacial score (nSPS) is 14.2. The Hall–Kier alpha value is -4.47. The van der Waals surface area contributed by atoms with Gasteiger partial charge in [0.1, 0.15) is 34.8 Å². The van der Waals surface area contributed by atoms with E-state index in [0.29, 0.717) is 0 Å². The molecule has 4 aromatic rings. The molecular weight excluding hydrogens is 566 g/mol. The molecule has 0 saturated carbocycles. The summed E-state index contributed by atoms with van der Waals surface area (Å²) in [6.45, 7) is 5.13. The van der Waals surface area contributed by atoms with Gasteiger partial charge in [-0.2, -0.15) is 8.42 Å². The van der Waals surface area contributed by atoms with Gasteiger partial charge >= 0.3 is 22.1 Å². The summed E-state index contributed by atoms with van der Waals surface area (Å²) in [4.78, 5) is 26.8. The number of nitrogens with two attached hydrogens (primary N) is 1. The second-order valence-electron chi connectivity index (χ2n) is 11.3. The molecule has 2 atom stereocenters. The number of rotatable bonds is 9. The van der Waals surface area contributed by atoms with Gasteiger partial charge in [-0.15, -0.1) is 0 Å². The summed E-state index contributed by atoms with van der Waals surface area (Å²) in [6, 6.07) is 28.0. The molecule has 0 spiro atoms. The predicted octanol–water partition coefficient (Wildman–Crippen LogP) is 5.56. The summed E-state index contributed by atoms with van der Waals surface area (Å²) in [7, 11) is -4.15. The Bertz CT molecular complexity index is 1700. The SMILES string of the molecule is CC(C)(C)OC(=O)C(c1cccc(OS(=O)(=O)c2ccccc2)c1)C(N)C(=O)OCC1c2ccccc2-c2ccccc21. The number of hydrogen-bond acceptors (Lipinski definition) is 8. The maximum absolute atomic E-state index is 13.4. The molecule has 0 aliphatic heterocycles. The van der Waals surface area contributed by atoms with Crippen molar-refractivity contribution in [1.29, 1.82) is 0 Å². The van der Waals surface area contributed by atoms with Crippen molar-refractivity contribution in [3.63, 3.8) is 0 Å². The van der Waals surface area contributed by atoms with Crippen molar-refractivity contribution in [2.75, 3.05) is 6.61 Å². The highest BCUT2D eigenvalue weighted by molar-refractivity contribution is 7.87. The largest absolute Gasteiger partial charge is 0.463 e. The average Bonchev–Trinajstić information content (AvgIpc) is 3.29. The lowest BCUT2D eigenvalue weighted by Gasteiger charge is -2.27. The number of esters is 2. The fraction of sp³-hybridized carbons (Fsp3) is 0.235. The highest BCUT2D eigenvalue weighted by Gasteiger charge is 2.38. The van der Waals surface area contributed by atoms with Crippen molar-refractivity contribution in [3.8, 4) is 16.9 Å². The van der Waals surface area contributed by atoms with E-state index in [1.807, 2.05) is 48.5 Å². The van der Waals surface area contributed by atoms with Gasteiger partial charge in [0.2, 0.25) is 0 Å². The molecule has 43 heavy (non-hydrogen) atoms. The molecule has 2 unspecified atom stereocenters. The highest BCUT2D eigenvalue weighted by Crippen LogP contribution is 2.44. The van der Waals surface area contributed by atoms with Gasteiger partial charge in [0.05, 0.1) is 0 Å². The zero-order valence-electron chi connectivity index (χ0n) is 24.1. The van der Waals surface area contributed by atoms with E-state index in [0.717, 1.165) is 22.3 Å². The van der Waals surface area contributed by atoms with Crippen LogP contribution < -0.4 is 9.92 Å². The first kappa shape index (κ1) is 30.0. The minimum absolute atomic E-state index is 0.0278. The number of fused-ring (bicyclic) bond motifs is 3. The predicted molar refractivity (Wildman–Crippen MR) is 162 cm³/mol. The zero-order valence-corrected chi connectivity index (χ0v) is 24.9. The molecule has 2 N–H and O–H groups in total. The number of carbonyl (C=O) groups excluding carboxylic acids is 2. The monoisotopic (exact) mass is 599 g/mol. The first-order chi connectivity index (χ1) is 20.4. The maximum atomic E-state index is 13.4. The van der Waals surface area contributed by atoms with Crippen LogP contribution in [0.5, 0.6) is 5.75 Å². The van der Waals surface area contributed by atoms with Gasteiger partial charge < -0.3 is 19.4 Å². The topological polar surface area (TPSA) is 122 Å². The molecule has 5 rings (SSSR count). The van der Waals surface area contributed by atoms with E-state index in [1.54, 1.807) is 45.0 Å². The minimum Gasteiger partial charge on any atom is -0.463 e. The Kier molecular flexibility index (Phi) is 8.39. The van der Waals surface area contributed by atoms with Gasteiger partial charge in [-0.25, -0.2) is 0 Å². The van der Waals surface area contributed by atoms with E-state index in [9.17, 15) is 18.0 Å². The van der Waals surface area contributed by atoms with Crippen molar-refractivity contribution >= 4 is 22.1 Å². The van der Waals surface area contributed by atoms with Crippen molar-refractivity contribution in [2.45, 2.75) is 49.1 Å². The first-order valence-corrected chi connectivity index (χ1v) is 15.3. The number of hydrogen-bond donors (Lipinski definition) is 1. The summed E-state index contributed by atoms with van der Waals surface area (Å²) in [5, 5.41) is 0. The number of carbonyl (C=O) groups is 2. The van der Waals surface area contributed by atoms with Crippen molar-refractivity contribution < 1.29 is 31.7 Å². The van der Waals surface area contributed by atoms with Gasteiger partial charge in [0, 0.05) is 5.92 Å². The quantitative estimate of drug-likeness (QED) is 0.196. The molecular formula is C34H33NO7S. The Labute approximate surface area is 251 Å². The fourth-order valence-corrected chi connectivity index (χ4v) is 6.16. The van der Waals surface area contributed by atoms with Gasteiger partial charge in [-0.1, -0.05) is 78.9 Å². The van der Waals surface area contributed by atoms with Gasteiger partial charge in [-0.3, -0.25) is 9.59 Å². The fourth-order valence-electron chi connectivity index (χ4n) is 5.21. The summed E-state index contributed by atoms with van der Waals surface area (Å²) in [6.07, 6.45) is 0. The summed E-state index contributed by atoms with van der Waals surface area (Å²) >= 11 is 0.